The average Bonchev–Trinajstić information content (AvgIpc) is 2.70. The van der Waals surface area contributed by atoms with Gasteiger partial charge in [0.25, 0.3) is 0 Å². The van der Waals surface area contributed by atoms with Gasteiger partial charge >= 0.3 is 5.97 Å². The van der Waals surface area contributed by atoms with E-state index >= 15 is 0 Å². The number of carbonyl (C=O) groups excluding carboxylic acids is 1. The second-order valence-electron chi connectivity index (χ2n) is 5.05. The van der Waals surface area contributed by atoms with E-state index < -0.39 is 6.04 Å². The minimum atomic E-state index is -0.425. The quantitative estimate of drug-likeness (QED) is 0.766. The van der Waals surface area contributed by atoms with Crippen LogP contribution in [0, 0.1) is 5.92 Å². The number of aromatic nitrogens is 2. The van der Waals surface area contributed by atoms with E-state index in [0.717, 1.165) is 24.2 Å². The molecule has 1 aromatic heterocycles. The number of nitrogens with one attached hydrogen (secondary N) is 1. The lowest BCUT2D eigenvalue weighted by Gasteiger charge is -2.18. The fourth-order valence-electron chi connectivity index (χ4n) is 1.97. The molecule has 5 nitrogen and oxygen atoms in total. The smallest absolute Gasteiger partial charge is 0.327 e. The molecule has 0 saturated carbocycles. The molecule has 0 spiro atoms. The first kappa shape index (κ1) is 15.7. The van der Waals surface area contributed by atoms with Gasteiger partial charge in [-0.05, 0) is 25.8 Å². The van der Waals surface area contributed by atoms with E-state index in [-0.39, 0.29) is 5.97 Å². The largest absolute Gasteiger partial charge is 0.465 e. The first-order chi connectivity index (χ1) is 8.99. The molecule has 1 heterocycles. The van der Waals surface area contributed by atoms with Crippen molar-refractivity contribution in [2.45, 2.75) is 40.2 Å². The van der Waals surface area contributed by atoms with E-state index in [9.17, 15) is 4.79 Å². The number of ether oxygens (including phenoxy) is 1. The Kier molecular flexibility index (Phi) is 6.02. The number of hydrogen-bond donors (Lipinski definition) is 1. The molecule has 0 aromatic carbocycles. The lowest BCUT2D eigenvalue weighted by atomic mass is 10.1. The zero-order chi connectivity index (χ0) is 14.4. The summed E-state index contributed by atoms with van der Waals surface area (Å²) in [5.41, 5.74) is 1.86. The van der Waals surface area contributed by atoms with Gasteiger partial charge in [-0.15, -0.1) is 0 Å². The van der Waals surface area contributed by atoms with Crippen LogP contribution in [0.5, 0.6) is 0 Å². The van der Waals surface area contributed by atoms with Crippen molar-refractivity contribution >= 4 is 5.97 Å². The number of aryl methyl sites for hydroxylation is 2. The fourth-order valence-corrected chi connectivity index (χ4v) is 1.97. The van der Waals surface area contributed by atoms with Crippen LogP contribution in [0.1, 0.15) is 45.0 Å². The van der Waals surface area contributed by atoms with Gasteiger partial charge < -0.3 is 10.1 Å². The Balaban J connectivity index is 2.96. The van der Waals surface area contributed by atoms with E-state index in [4.69, 9.17) is 4.74 Å². The highest BCUT2D eigenvalue weighted by Gasteiger charge is 2.25. The summed E-state index contributed by atoms with van der Waals surface area (Å²) in [6, 6.07) is -0.425. The van der Waals surface area contributed by atoms with Gasteiger partial charge in [0.2, 0.25) is 0 Å². The number of carbonyl (C=O) groups is 1. The molecule has 1 aromatic rings. The lowest BCUT2D eigenvalue weighted by molar-refractivity contribution is -0.145. The van der Waals surface area contributed by atoms with Crippen LogP contribution in [0.15, 0.2) is 6.20 Å². The van der Waals surface area contributed by atoms with E-state index in [0.29, 0.717) is 12.5 Å². The van der Waals surface area contributed by atoms with Crippen LogP contribution < -0.4 is 5.32 Å². The molecule has 0 bridgehead atoms. The predicted molar refractivity (Wildman–Crippen MR) is 74.8 cm³/mol. The number of nitrogens with zero attached hydrogens (tertiary/aromatic N) is 2. The van der Waals surface area contributed by atoms with E-state index in [1.807, 2.05) is 27.1 Å². The summed E-state index contributed by atoms with van der Waals surface area (Å²) in [5, 5.41) is 7.67. The van der Waals surface area contributed by atoms with Gasteiger partial charge in [-0.1, -0.05) is 20.8 Å². The summed E-state index contributed by atoms with van der Waals surface area (Å²) in [6.07, 6.45) is 2.70. The van der Waals surface area contributed by atoms with Crippen LogP contribution in [0.4, 0.5) is 0 Å². The maximum absolute atomic E-state index is 12.1. The Morgan fingerprint density at radius 3 is 2.68 bits per heavy atom. The van der Waals surface area contributed by atoms with Crippen molar-refractivity contribution in [1.29, 1.82) is 0 Å². The molecule has 1 N–H and O–H groups in total. The Hall–Kier alpha value is -1.36. The molecule has 0 aliphatic heterocycles. The highest BCUT2D eigenvalue weighted by molar-refractivity contribution is 5.78. The van der Waals surface area contributed by atoms with Crippen LogP contribution in [0.25, 0.3) is 0 Å². The summed E-state index contributed by atoms with van der Waals surface area (Å²) >= 11 is 0. The van der Waals surface area contributed by atoms with Gasteiger partial charge in [0.05, 0.1) is 12.3 Å². The van der Waals surface area contributed by atoms with Crippen molar-refractivity contribution < 1.29 is 9.53 Å². The normalized spacial score (nSPS) is 12.7. The van der Waals surface area contributed by atoms with Gasteiger partial charge in [-0.3, -0.25) is 4.68 Å². The summed E-state index contributed by atoms with van der Waals surface area (Å²) in [4.78, 5) is 12.1. The van der Waals surface area contributed by atoms with Gasteiger partial charge in [0.1, 0.15) is 6.04 Å². The van der Waals surface area contributed by atoms with Crippen molar-refractivity contribution in [3.8, 4) is 0 Å². The van der Waals surface area contributed by atoms with Crippen LogP contribution in [0.2, 0.25) is 0 Å². The lowest BCUT2D eigenvalue weighted by Crippen LogP contribution is -2.33. The third-order valence-electron chi connectivity index (χ3n) is 2.84. The van der Waals surface area contributed by atoms with Crippen molar-refractivity contribution in [3.63, 3.8) is 0 Å². The third kappa shape index (κ3) is 4.35. The van der Waals surface area contributed by atoms with Crippen molar-refractivity contribution in [1.82, 2.24) is 15.1 Å². The molecule has 0 saturated heterocycles. The summed E-state index contributed by atoms with van der Waals surface area (Å²) in [6.45, 7) is 9.23. The summed E-state index contributed by atoms with van der Waals surface area (Å²) < 4.78 is 6.91. The van der Waals surface area contributed by atoms with Crippen molar-refractivity contribution in [2.75, 3.05) is 13.2 Å². The van der Waals surface area contributed by atoms with Gasteiger partial charge in [0.15, 0.2) is 0 Å². The van der Waals surface area contributed by atoms with E-state index in [1.165, 1.54) is 0 Å². The number of rotatable bonds is 7. The fraction of sp³-hybridized carbons (Fsp3) is 0.714. The first-order valence-electron chi connectivity index (χ1n) is 6.91. The molecular weight excluding hydrogens is 242 g/mol. The maximum Gasteiger partial charge on any atom is 0.327 e. The molecule has 108 valence electrons. The van der Waals surface area contributed by atoms with Crippen LogP contribution in [0.3, 0.4) is 0 Å². The van der Waals surface area contributed by atoms with Gasteiger partial charge in [-0.2, -0.15) is 5.10 Å². The third-order valence-corrected chi connectivity index (χ3v) is 2.84. The second kappa shape index (κ2) is 7.28. The molecule has 0 radical (unpaired) electrons. The molecule has 0 fully saturated rings. The monoisotopic (exact) mass is 267 g/mol. The minimum Gasteiger partial charge on any atom is -0.465 e. The molecule has 19 heavy (non-hydrogen) atoms. The maximum atomic E-state index is 12.1. The molecule has 5 heteroatoms. The van der Waals surface area contributed by atoms with Crippen molar-refractivity contribution in [2.24, 2.45) is 13.0 Å². The Labute approximate surface area is 115 Å². The average molecular weight is 267 g/mol. The standard InChI is InChI=1S/C14H25N3O2/c1-6-12-11(9-17(5)16-12)13(14(18)19-7-2)15-8-10(3)4/h9-10,13,15H,6-8H2,1-5H3. The zero-order valence-electron chi connectivity index (χ0n) is 12.6. The van der Waals surface area contributed by atoms with Gasteiger partial charge in [-0.25, -0.2) is 4.79 Å². The number of esters is 1. The zero-order valence-corrected chi connectivity index (χ0v) is 12.6. The van der Waals surface area contributed by atoms with Crippen LogP contribution >= 0.6 is 0 Å². The molecule has 0 aliphatic carbocycles. The molecule has 1 unspecified atom stereocenters. The molecule has 0 amide bonds. The molecular formula is C14H25N3O2. The minimum absolute atomic E-state index is 0.231. The van der Waals surface area contributed by atoms with E-state index in [1.54, 1.807) is 4.68 Å². The Morgan fingerprint density at radius 2 is 2.16 bits per heavy atom. The first-order valence-corrected chi connectivity index (χ1v) is 6.91. The summed E-state index contributed by atoms with van der Waals surface area (Å²) in [5.74, 6) is 0.240. The molecule has 0 aliphatic rings. The summed E-state index contributed by atoms with van der Waals surface area (Å²) in [7, 11) is 1.87. The highest BCUT2D eigenvalue weighted by Crippen LogP contribution is 2.19. The number of hydrogen-bond acceptors (Lipinski definition) is 4. The Bertz CT molecular complexity index is 413. The van der Waals surface area contributed by atoms with E-state index in [2.05, 4.69) is 24.3 Å². The van der Waals surface area contributed by atoms with Crippen LogP contribution in [-0.2, 0) is 23.0 Å². The van der Waals surface area contributed by atoms with Crippen LogP contribution in [-0.4, -0.2) is 28.9 Å². The molecule has 1 atom stereocenters. The predicted octanol–water partition coefficient (Wildman–Crippen LogP) is 1.83. The second-order valence-corrected chi connectivity index (χ2v) is 5.05. The molecule has 1 rings (SSSR count). The highest BCUT2D eigenvalue weighted by atomic mass is 16.5. The van der Waals surface area contributed by atoms with Crippen molar-refractivity contribution in [3.05, 3.63) is 17.5 Å². The van der Waals surface area contributed by atoms with Gasteiger partial charge in [0, 0.05) is 18.8 Å². The topological polar surface area (TPSA) is 56.1 Å². The SMILES string of the molecule is CCOC(=O)C(NCC(C)C)c1cn(C)nc1CC. The Morgan fingerprint density at radius 1 is 1.47 bits per heavy atom.